The van der Waals surface area contributed by atoms with Crippen molar-refractivity contribution in [2.24, 2.45) is 0 Å². The molecule has 4 rings (SSSR count). The fourth-order valence-corrected chi connectivity index (χ4v) is 3.71. The van der Waals surface area contributed by atoms with Gasteiger partial charge >= 0.3 is 0 Å². The minimum atomic E-state index is -0.338. The molecule has 0 aliphatic carbocycles. The van der Waals surface area contributed by atoms with Crippen LogP contribution in [0.2, 0.25) is 0 Å². The number of piperidine rings is 1. The van der Waals surface area contributed by atoms with E-state index in [1.807, 2.05) is 24.3 Å². The zero-order valence-corrected chi connectivity index (χ0v) is 17.4. The van der Waals surface area contributed by atoms with Crippen molar-refractivity contribution in [3.63, 3.8) is 0 Å². The minimum absolute atomic E-state index is 0.0631. The first-order valence-electron chi connectivity index (χ1n) is 10.3. The van der Waals surface area contributed by atoms with Gasteiger partial charge in [-0.15, -0.1) is 0 Å². The van der Waals surface area contributed by atoms with E-state index in [2.05, 4.69) is 4.98 Å². The molecule has 0 spiro atoms. The molecule has 1 atom stereocenters. The van der Waals surface area contributed by atoms with Crippen LogP contribution in [-0.2, 0) is 11.2 Å². The van der Waals surface area contributed by atoms with Crippen LogP contribution < -0.4 is 9.47 Å². The molecule has 0 bridgehead atoms. The monoisotopic (exact) mass is 424 g/mol. The second-order valence-corrected chi connectivity index (χ2v) is 7.61. The molecule has 1 aliphatic heterocycles. The molecule has 0 unspecified atom stereocenters. The quantitative estimate of drug-likeness (QED) is 0.569. The number of oxazole rings is 1. The number of hydrogen-bond acceptors (Lipinski definition) is 5. The van der Waals surface area contributed by atoms with Gasteiger partial charge in [-0.1, -0.05) is 12.1 Å². The summed E-state index contributed by atoms with van der Waals surface area (Å²) in [4.78, 5) is 18.8. The maximum absolute atomic E-state index is 13.0. The number of halogens is 1. The van der Waals surface area contributed by atoms with Crippen LogP contribution in [0.3, 0.4) is 0 Å². The molecule has 1 fully saturated rings. The highest BCUT2D eigenvalue weighted by atomic mass is 19.1. The van der Waals surface area contributed by atoms with Gasteiger partial charge in [-0.3, -0.25) is 4.79 Å². The Hall–Kier alpha value is -3.35. The first kappa shape index (κ1) is 20.9. The van der Waals surface area contributed by atoms with Crippen molar-refractivity contribution in [2.45, 2.75) is 25.2 Å². The Balaban J connectivity index is 1.32. The van der Waals surface area contributed by atoms with Crippen molar-refractivity contribution in [3.05, 3.63) is 77.8 Å². The standard InChI is InChI=1S/C24H25FN2O4/c1-29-20-8-4-17(5-9-20)13-22-14-26-24(31-22)18-3-2-12-27(15-18)23(28)16-30-21-10-6-19(25)7-11-21/h4-11,14,18H,2-3,12-13,15-16H2,1H3/t18-/m0/s1. The van der Waals surface area contributed by atoms with Gasteiger partial charge in [-0.2, -0.15) is 0 Å². The van der Waals surface area contributed by atoms with Crippen molar-refractivity contribution < 1.29 is 23.1 Å². The van der Waals surface area contributed by atoms with Crippen molar-refractivity contribution in [1.82, 2.24) is 9.88 Å². The maximum atomic E-state index is 13.0. The first-order chi connectivity index (χ1) is 15.1. The van der Waals surface area contributed by atoms with E-state index in [0.29, 0.717) is 31.2 Å². The SMILES string of the molecule is COc1ccc(Cc2cnc([C@H]3CCCN(C(=O)COc4ccc(F)cc4)C3)o2)cc1. The third kappa shape index (κ3) is 5.42. The van der Waals surface area contributed by atoms with Crippen molar-refractivity contribution >= 4 is 5.91 Å². The predicted octanol–water partition coefficient (Wildman–Crippen LogP) is 4.20. The van der Waals surface area contributed by atoms with Gasteiger partial charge in [0, 0.05) is 19.5 Å². The van der Waals surface area contributed by atoms with Crippen LogP contribution in [0.4, 0.5) is 4.39 Å². The van der Waals surface area contributed by atoms with E-state index in [1.165, 1.54) is 24.3 Å². The molecule has 1 aliphatic rings. The van der Waals surface area contributed by atoms with Crippen molar-refractivity contribution in [3.8, 4) is 11.5 Å². The van der Waals surface area contributed by atoms with Gasteiger partial charge < -0.3 is 18.8 Å². The smallest absolute Gasteiger partial charge is 0.260 e. The molecule has 31 heavy (non-hydrogen) atoms. The Morgan fingerprint density at radius 3 is 2.65 bits per heavy atom. The summed E-state index contributed by atoms with van der Waals surface area (Å²) < 4.78 is 29.7. The largest absolute Gasteiger partial charge is 0.497 e. The summed E-state index contributed by atoms with van der Waals surface area (Å²) in [6.07, 6.45) is 4.21. The predicted molar refractivity (Wildman–Crippen MR) is 113 cm³/mol. The molecule has 0 saturated carbocycles. The topological polar surface area (TPSA) is 64.8 Å². The van der Waals surface area contributed by atoms with Gasteiger partial charge in [0.05, 0.1) is 19.2 Å². The van der Waals surface area contributed by atoms with Crippen LogP contribution in [0, 0.1) is 5.82 Å². The summed E-state index contributed by atoms with van der Waals surface area (Å²) >= 11 is 0. The van der Waals surface area contributed by atoms with Gasteiger partial charge in [0.2, 0.25) is 0 Å². The Bertz CT molecular complexity index is 1000. The fraction of sp³-hybridized carbons (Fsp3) is 0.333. The van der Waals surface area contributed by atoms with E-state index in [4.69, 9.17) is 13.9 Å². The molecular weight excluding hydrogens is 399 g/mol. The third-order valence-electron chi connectivity index (χ3n) is 5.41. The number of likely N-dealkylation sites (tertiary alicyclic amines) is 1. The molecule has 1 amide bonds. The molecule has 3 aromatic rings. The van der Waals surface area contributed by atoms with E-state index < -0.39 is 0 Å². The first-order valence-corrected chi connectivity index (χ1v) is 10.3. The zero-order chi connectivity index (χ0) is 21.6. The van der Waals surface area contributed by atoms with Gasteiger partial charge in [-0.25, -0.2) is 9.37 Å². The molecule has 0 N–H and O–H groups in total. The molecule has 1 saturated heterocycles. The highest BCUT2D eigenvalue weighted by Gasteiger charge is 2.28. The highest BCUT2D eigenvalue weighted by Crippen LogP contribution is 2.27. The minimum Gasteiger partial charge on any atom is -0.497 e. The Morgan fingerprint density at radius 1 is 1.16 bits per heavy atom. The fourth-order valence-electron chi connectivity index (χ4n) is 3.71. The number of rotatable bonds is 7. The molecule has 6 nitrogen and oxygen atoms in total. The van der Waals surface area contributed by atoms with Gasteiger partial charge in [-0.05, 0) is 54.8 Å². The summed E-state index contributed by atoms with van der Waals surface area (Å²) in [7, 11) is 1.64. The molecule has 0 radical (unpaired) electrons. The van der Waals surface area contributed by atoms with Crippen LogP contribution in [-0.4, -0.2) is 42.6 Å². The lowest BCUT2D eigenvalue weighted by Gasteiger charge is -2.31. The average molecular weight is 424 g/mol. The van der Waals surface area contributed by atoms with E-state index in [-0.39, 0.29) is 24.2 Å². The number of methoxy groups -OCH3 is 1. The van der Waals surface area contributed by atoms with Crippen LogP contribution in [0.15, 0.2) is 59.1 Å². The van der Waals surface area contributed by atoms with Crippen LogP contribution in [0.25, 0.3) is 0 Å². The second-order valence-electron chi connectivity index (χ2n) is 7.61. The number of nitrogens with zero attached hydrogens (tertiary/aromatic N) is 2. The van der Waals surface area contributed by atoms with Gasteiger partial charge in [0.1, 0.15) is 23.1 Å². The van der Waals surface area contributed by atoms with Crippen LogP contribution in [0.1, 0.15) is 36.0 Å². The second kappa shape index (κ2) is 9.64. The Kier molecular flexibility index (Phi) is 6.50. The zero-order valence-electron chi connectivity index (χ0n) is 17.4. The molecule has 2 heterocycles. The van der Waals surface area contributed by atoms with Crippen molar-refractivity contribution in [2.75, 3.05) is 26.8 Å². The molecule has 7 heteroatoms. The lowest BCUT2D eigenvalue weighted by molar-refractivity contribution is -0.134. The Morgan fingerprint density at radius 2 is 1.90 bits per heavy atom. The summed E-state index contributed by atoms with van der Waals surface area (Å²) in [5, 5.41) is 0. The van der Waals surface area contributed by atoms with Crippen LogP contribution in [0.5, 0.6) is 11.5 Å². The van der Waals surface area contributed by atoms with Crippen LogP contribution >= 0.6 is 0 Å². The summed E-state index contributed by atoms with van der Waals surface area (Å²) in [6.45, 7) is 1.16. The summed E-state index contributed by atoms with van der Waals surface area (Å²) in [5.74, 6) is 2.38. The summed E-state index contributed by atoms with van der Waals surface area (Å²) in [6, 6.07) is 13.5. The number of benzene rings is 2. The lowest BCUT2D eigenvalue weighted by atomic mass is 9.98. The van der Waals surface area contributed by atoms with E-state index in [1.54, 1.807) is 18.2 Å². The Labute approximate surface area is 180 Å². The normalized spacial score (nSPS) is 16.2. The number of amides is 1. The van der Waals surface area contributed by atoms with Crippen molar-refractivity contribution in [1.29, 1.82) is 0 Å². The summed E-state index contributed by atoms with van der Waals surface area (Å²) in [5.41, 5.74) is 1.11. The van der Waals surface area contributed by atoms with Gasteiger partial charge in [0.15, 0.2) is 12.5 Å². The third-order valence-corrected chi connectivity index (χ3v) is 5.41. The van der Waals surface area contributed by atoms with E-state index in [0.717, 1.165) is 29.9 Å². The highest BCUT2D eigenvalue weighted by molar-refractivity contribution is 5.78. The number of carbonyl (C=O) groups excluding carboxylic acids is 1. The van der Waals surface area contributed by atoms with E-state index in [9.17, 15) is 9.18 Å². The number of hydrogen-bond donors (Lipinski definition) is 0. The lowest BCUT2D eigenvalue weighted by Crippen LogP contribution is -2.41. The number of aromatic nitrogens is 1. The average Bonchev–Trinajstić information content (AvgIpc) is 3.27. The molecule has 2 aromatic carbocycles. The molecule has 1 aromatic heterocycles. The number of ether oxygens (including phenoxy) is 2. The van der Waals surface area contributed by atoms with E-state index >= 15 is 0 Å². The molecular formula is C24H25FN2O4. The molecule has 162 valence electrons. The maximum Gasteiger partial charge on any atom is 0.260 e. The number of carbonyl (C=O) groups is 1. The van der Waals surface area contributed by atoms with Gasteiger partial charge in [0.25, 0.3) is 5.91 Å².